The molecule has 0 rings (SSSR count). The molecule has 0 aliphatic carbocycles. The Morgan fingerprint density at radius 2 is 0.513 bits per heavy atom. The minimum atomic E-state index is -0.800. The SMILES string of the molecule is CC/C=C\C/C=C\C/C=C\C/C=C\C/C=C\C/C=C\CCCCC(=O)OC(COC(=O)CCCCCCCCCCCCC/C=C\CCCCCCCCCC)COC(=O)CCCCCCCCCCCCCCCC. The Morgan fingerprint density at radius 3 is 0.842 bits per heavy atom. The lowest BCUT2D eigenvalue weighted by Gasteiger charge is -2.18. The number of hydrogen-bond acceptors (Lipinski definition) is 6. The Kier molecular flexibility index (Phi) is 61.2. The van der Waals surface area contributed by atoms with Gasteiger partial charge in [-0.2, -0.15) is 0 Å². The van der Waals surface area contributed by atoms with Crippen LogP contribution in [-0.4, -0.2) is 37.2 Å². The lowest BCUT2D eigenvalue weighted by molar-refractivity contribution is -0.167. The van der Waals surface area contributed by atoms with Gasteiger partial charge in [0.1, 0.15) is 13.2 Å². The van der Waals surface area contributed by atoms with Crippen molar-refractivity contribution in [1.82, 2.24) is 0 Å². The van der Waals surface area contributed by atoms with Gasteiger partial charge in [-0.3, -0.25) is 14.4 Å². The molecule has 0 aromatic heterocycles. The lowest BCUT2D eigenvalue weighted by atomic mass is 10.0. The predicted octanol–water partition coefficient (Wildman–Crippen LogP) is 22.3. The lowest BCUT2D eigenvalue weighted by Crippen LogP contribution is -2.30. The minimum absolute atomic E-state index is 0.0915. The molecular formula is C70H122O6. The number of carbonyl (C=O) groups is 3. The molecule has 0 saturated carbocycles. The second kappa shape index (κ2) is 64.1. The van der Waals surface area contributed by atoms with Gasteiger partial charge in [-0.15, -0.1) is 0 Å². The van der Waals surface area contributed by atoms with Crippen LogP contribution < -0.4 is 0 Å². The molecule has 0 aliphatic rings. The topological polar surface area (TPSA) is 78.9 Å². The maximum Gasteiger partial charge on any atom is 0.306 e. The van der Waals surface area contributed by atoms with Gasteiger partial charge in [-0.25, -0.2) is 0 Å². The van der Waals surface area contributed by atoms with E-state index in [-0.39, 0.29) is 37.5 Å². The summed E-state index contributed by atoms with van der Waals surface area (Å²) in [5.74, 6) is -0.922. The van der Waals surface area contributed by atoms with Crippen LogP contribution >= 0.6 is 0 Å². The van der Waals surface area contributed by atoms with Crippen molar-refractivity contribution in [2.45, 2.75) is 329 Å². The van der Waals surface area contributed by atoms with Crippen LogP contribution in [0.5, 0.6) is 0 Å². The van der Waals surface area contributed by atoms with Crippen LogP contribution in [0, 0.1) is 0 Å². The predicted molar refractivity (Wildman–Crippen MR) is 330 cm³/mol. The highest BCUT2D eigenvalue weighted by molar-refractivity contribution is 5.71. The van der Waals surface area contributed by atoms with Crippen molar-refractivity contribution >= 4 is 17.9 Å². The second-order valence-electron chi connectivity index (χ2n) is 21.6. The molecular weight excluding hydrogens is 937 g/mol. The van der Waals surface area contributed by atoms with Gasteiger partial charge in [0.05, 0.1) is 0 Å². The van der Waals surface area contributed by atoms with Crippen LogP contribution in [0.4, 0.5) is 0 Å². The third kappa shape index (κ3) is 61.4. The van der Waals surface area contributed by atoms with Gasteiger partial charge in [0.2, 0.25) is 0 Å². The average Bonchev–Trinajstić information content (AvgIpc) is 3.42. The molecule has 438 valence electrons. The molecule has 0 aliphatic heterocycles. The molecule has 0 aromatic rings. The van der Waals surface area contributed by atoms with E-state index in [9.17, 15) is 14.4 Å². The zero-order valence-corrected chi connectivity index (χ0v) is 50.3. The Bertz CT molecular complexity index is 1450. The molecule has 76 heavy (non-hydrogen) atoms. The first-order valence-electron chi connectivity index (χ1n) is 32.6. The third-order valence-electron chi connectivity index (χ3n) is 14.1. The first kappa shape index (κ1) is 72.6. The van der Waals surface area contributed by atoms with Crippen molar-refractivity contribution in [1.29, 1.82) is 0 Å². The number of rotatable bonds is 59. The van der Waals surface area contributed by atoms with Gasteiger partial charge in [0, 0.05) is 19.3 Å². The monoisotopic (exact) mass is 1060 g/mol. The van der Waals surface area contributed by atoms with Crippen LogP contribution in [0.2, 0.25) is 0 Å². The second-order valence-corrected chi connectivity index (χ2v) is 21.6. The molecule has 0 fully saturated rings. The summed E-state index contributed by atoms with van der Waals surface area (Å²) in [6, 6.07) is 0. The van der Waals surface area contributed by atoms with Gasteiger partial charge in [0.25, 0.3) is 0 Å². The zero-order valence-electron chi connectivity index (χ0n) is 50.3. The smallest absolute Gasteiger partial charge is 0.306 e. The quantitative estimate of drug-likeness (QED) is 0.0261. The average molecular weight is 1060 g/mol. The Hall–Kier alpha value is -3.41. The molecule has 6 heteroatoms. The van der Waals surface area contributed by atoms with E-state index in [1.807, 2.05) is 0 Å². The standard InChI is InChI=1S/C70H122O6/c1-4-7-10-13-16-19-22-25-28-30-32-34-35-37-38-40-42-45-48-51-54-57-60-63-69(72)75-66-67(65-74-68(71)62-59-56-53-50-47-44-27-24-21-18-15-12-9-6-3)76-70(73)64-61-58-55-52-49-46-43-41-39-36-33-31-29-26-23-20-17-14-11-8-5-2/h8,11,17,20,26,29-30,32-33,36,41,43,49,52,67H,4-7,9-10,12-16,18-19,21-25,27-28,31,34-35,37-40,42,44-48,50-51,53-66H2,1-3H3/b11-8-,20-17-,29-26-,32-30-,36-33-,43-41-,52-49-. The maximum absolute atomic E-state index is 12.9. The van der Waals surface area contributed by atoms with E-state index in [0.29, 0.717) is 19.3 Å². The molecule has 6 nitrogen and oxygen atoms in total. The number of hydrogen-bond donors (Lipinski definition) is 0. The highest BCUT2D eigenvalue weighted by Gasteiger charge is 2.19. The third-order valence-corrected chi connectivity index (χ3v) is 14.1. The summed E-state index contributed by atoms with van der Waals surface area (Å²) in [6.45, 7) is 6.53. The van der Waals surface area contributed by atoms with E-state index >= 15 is 0 Å². The normalized spacial score (nSPS) is 12.6. The van der Waals surface area contributed by atoms with Gasteiger partial charge in [-0.05, 0) is 96.3 Å². The van der Waals surface area contributed by atoms with Crippen LogP contribution in [0.1, 0.15) is 323 Å². The number of esters is 3. The minimum Gasteiger partial charge on any atom is -0.462 e. The fourth-order valence-electron chi connectivity index (χ4n) is 9.27. The van der Waals surface area contributed by atoms with Crippen LogP contribution in [0.25, 0.3) is 0 Å². The zero-order chi connectivity index (χ0) is 55.0. The van der Waals surface area contributed by atoms with E-state index < -0.39 is 6.10 Å². The summed E-state index contributed by atoms with van der Waals surface area (Å²) < 4.78 is 16.9. The first-order valence-corrected chi connectivity index (χ1v) is 32.6. The molecule has 0 radical (unpaired) electrons. The molecule has 1 unspecified atom stereocenters. The van der Waals surface area contributed by atoms with Gasteiger partial charge in [-0.1, -0.05) is 292 Å². The first-order chi connectivity index (χ1) is 37.5. The number of carbonyl (C=O) groups excluding carboxylic acids is 3. The number of unbranched alkanes of at least 4 members (excludes halogenated alkanes) is 34. The highest BCUT2D eigenvalue weighted by Crippen LogP contribution is 2.17. The van der Waals surface area contributed by atoms with E-state index in [0.717, 1.165) is 89.9 Å². The van der Waals surface area contributed by atoms with Gasteiger partial charge >= 0.3 is 17.9 Å². The molecule has 1 atom stereocenters. The van der Waals surface area contributed by atoms with Crippen LogP contribution in [0.3, 0.4) is 0 Å². The number of allylic oxidation sites excluding steroid dienone is 14. The molecule has 0 N–H and O–H groups in total. The summed E-state index contributed by atoms with van der Waals surface area (Å²) in [4.78, 5) is 38.3. The van der Waals surface area contributed by atoms with E-state index in [1.54, 1.807) is 0 Å². The van der Waals surface area contributed by atoms with Crippen molar-refractivity contribution < 1.29 is 28.6 Å². The van der Waals surface area contributed by atoms with Crippen molar-refractivity contribution in [2.75, 3.05) is 13.2 Å². The van der Waals surface area contributed by atoms with E-state index in [2.05, 4.69) is 106 Å². The molecule has 0 spiro atoms. The Labute approximate surface area is 471 Å². The van der Waals surface area contributed by atoms with E-state index in [4.69, 9.17) is 14.2 Å². The van der Waals surface area contributed by atoms with Crippen molar-refractivity contribution in [3.63, 3.8) is 0 Å². The molecule has 0 aromatic carbocycles. The highest BCUT2D eigenvalue weighted by atomic mass is 16.6. The van der Waals surface area contributed by atoms with Crippen LogP contribution in [0.15, 0.2) is 85.1 Å². The molecule has 0 saturated heterocycles. The van der Waals surface area contributed by atoms with E-state index in [1.165, 1.54) is 186 Å². The van der Waals surface area contributed by atoms with Crippen molar-refractivity contribution in [3.05, 3.63) is 85.1 Å². The fraction of sp³-hybridized carbons (Fsp3) is 0.757. The summed E-state index contributed by atoms with van der Waals surface area (Å²) >= 11 is 0. The van der Waals surface area contributed by atoms with Gasteiger partial charge in [0.15, 0.2) is 6.10 Å². The van der Waals surface area contributed by atoms with Crippen LogP contribution in [-0.2, 0) is 28.6 Å². The van der Waals surface area contributed by atoms with Gasteiger partial charge < -0.3 is 14.2 Å². The van der Waals surface area contributed by atoms with Crippen molar-refractivity contribution in [3.8, 4) is 0 Å². The summed E-state index contributed by atoms with van der Waals surface area (Å²) in [7, 11) is 0. The van der Waals surface area contributed by atoms with Crippen molar-refractivity contribution in [2.24, 2.45) is 0 Å². The molecule has 0 heterocycles. The Balaban J connectivity index is 4.40. The summed E-state index contributed by atoms with van der Waals surface area (Å²) in [5, 5.41) is 0. The summed E-state index contributed by atoms with van der Waals surface area (Å²) in [6.07, 6.45) is 84.5. The molecule has 0 bridgehead atoms. The maximum atomic E-state index is 12.9. The molecule has 0 amide bonds. The summed E-state index contributed by atoms with van der Waals surface area (Å²) in [5.41, 5.74) is 0. The number of ether oxygens (including phenoxy) is 3. The largest absolute Gasteiger partial charge is 0.462 e. The Morgan fingerprint density at radius 1 is 0.276 bits per heavy atom. The fourth-order valence-corrected chi connectivity index (χ4v) is 9.27.